The van der Waals surface area contributed by atoms with Crippen molar-refractivity contribution in [3.63, 3.8) is 0 Å². The smallest absolute Gasteiger partial charge is 0.170 e. The van der Waals surface area contributed by atoms with Crippen molar-refractivity contribution in [3.8, 4) is 0 Å². The first kappa shape index (κ1) is 7.19. The van der Waals surface area contributed by atoms with Crippen LogP contribution >= 0.6 is 0 Å². The highest BCUT2D eigenvalue weighted by atomic mass is 19.1. The summed E-state index contributed by atoms with van der Waals surface area (Å²) in [5.74, 6) is -0.343. The largest absolute Gasteiger partial charge is 0.235 e. The van der Waals surface area contributed by atoms with Crippen molar-refractivity contribution < 1.29 is 8.78 Å². The molecule has 1 aromatic rings. The average molecular weight is 141 g/mol. The Morgan fingerprint density at radius 1 is 1.20 bits per heavy atom. The lowest BCUT2D eigenvalue weighted by atomic mass is 10.1. The maximum Gasteiger partial charge on any atom is 0.170 e. The monoisotopic (exact) mass is 141 g/mol. The molecule has 0 saturated carbocycles. The van der Waals surface area contributed by atoms with Gasteiger partial charge in [-0.25, -0.2) is 8.78 Å². The van der Waals surface area contributed by atoms with Crippen molar-refractivity contribution >= 4 is 0 Å². The molecule has 0 aromatic heterocycles. The minimum atomic E-state index is -0.343. The minimum absolute atomic E-state index is 0.292. The van der Waals surface area contributed by atoms with Crippen molar-refractivity contribution in [2.75, 3.05) is 0 Å². The highest BCUT2D eigenvalue weighted by Gasteiger charge is 2.02. The Bertz CT molecular complexity index is 201. The van der Waals surface area contributed by atoms with Crippen LogP contribution in [0.4, 0.5) is 8.78 Å². The van der Waals surface area contributed by atoms with Gasteiger partial charge < -0.3 is 0 Å². The number of benzene rings is 1. The summed E-state index contributed by atoms with van der Waals surface area (Å²) in [6.07, 6.45) is -0.292. The Morgan fingerprint density at radius 3 is 2.10 bits per heavy atom. The maximum atomic E-state index is 12.4. The third kappa shape index (κ3) is 1.53. The van der Waals surface area contributed by atoms with E-state index in [9.17, 15) is 8.78 Å². The van der Waals surface area contributed by atoms with Crippen molar-refractivity contribution in [2.24, 2.45) is 0 Å². The summed E-state index contributed by atoms with van der Waals surface area (Å²) in [6, 6.07) is 5.28. The summed E-state index contributed by atoms with van der Waals surface area (Å²) >= 11 is 0. The predicted octanol–water partition coefficient (Wildman–Crippen LogP) is 2.70. The normalized spacial score (nSPS) is 10.4. The van der Waals surface area contributed by atoms with E-state index in [1.807, 2.05) is 0 Å². The Labute approximate surface area is 58.5 Å². The van der Waals surface area contributed by atoms with E-state index in [-0.39, 0.29) is 12.0 Å². The molecule has 0 heterocycles. The molecule has 1 radical (unpaired) electrons. The standard InChI is InChI=1S/C8H7F2/c1-6(9)7-2-4-8(10)5-3-7/h2-5H,1H3. The zero-order valence-corrected chi connectivity index (χ0v) is 5.57. The molecule has 1 aromatic carbocycles. The van der Waals surface area contributed by atoms with E-state index in [1.54, 1.807) is 0 Å². The molecule has 0 spiro atoms. The molecule has 0 aliphatic rings. The van der Waals surface area contributed by atoms with E-state index in [4.69, 9.17) is 0 Å². The Kier molecular flexibility index (Phi) is 2.00. The third-order valence-electron chi connectivity index (χ3n) is 1.24. The van der Waals surface area contributed by atoms with Crippen LogP contribution in [0.15, 0.2) is 24.3 Å². The van der Waals surface area contributed by atoms with Gasteiger partial charge >= 0.3 is 0 Å². The van der Waals surface area contributed by atoms with Gasteiger partial charge in [0.25, 0.3) is 0 Å². The second kappa shape index (κ2) is 2.78. The fraction of sp³-hybridized carbons (Fsp3) is 0.125. The molecule has 0 bridgehead atoms. The SMILES string of the molecule is C[C](F)c1ccc(F)cc1. The molecule has 2 heteroatoms. The third-order valence-corrected chi connectivity index (χ3v) is 1.24. The number of halogens is 2. The van der Waals surface area contributed by atoms with Crippen LogP contribution in [0.5, 0.6) is 0 Å². The van der Waals surface area contributed by atoms with Crippen molar-refractivity contribution in [2.45, 2.75) is 6.92 Å². The lowest BCUT2D eigenvalue weighted by molar-refractivity contribution is 0.544. The minimum Gasteiger partial charge on any atom is -0.235 e. The maximum absolute atomic E-state index is 12.4. The van der Waals surface area contributed by atoms with E-state index >= 15 is 0 Å². The quantitative estimate of drug-likeness (QED) is 0.564. The van der Waals surface area contributed by atoms with Gasteiger partial charge in [0.2, 0.25) is 0 Å². The highest BCUT2D eigenvalue weighted by Crippen LogP contribution is 2.14. The van der Waals surface area contributed by atoms with Gasteiger partial charge in [-0.1, -0.05) is 12.1 Å². The van der Waals surface area contributed by atoms with Gasteiger partial charge in [-0.05, 0) is 24.6 Å². The van der Waals surface area contributed by atoms with Crippen LogP contribution in [0.2, 0.25) is 0 Å². The molecule has 0 N–H and O–H groups in total. The first-order valence-electron chi connectivity index (χ1n) is 2.95. The summed E-state index contributed by atoms with van der Waals surface area (Å²) in [5, 5.41) is 0. The molecule has 0 amide bonds. The van der Waals surface area contributed by atoms with E-state index in [0.29, 0.717) is 5.56 Å². The first-order valence-corrected chi connectivity index (χ1v) is 2.95. The second-order valence-corrected chi connectivity index (χ2v) is 2.04. The molecule has 0 fully saturated rings. The van der Waals surface area contributed by atoms with E-state index in [1.165, 1.54) is 31.2 Å². The molecule has 0 aliphatic carbocycles. The Balaban J connectivity index is 2.89. The number of rotatable bonds is 1. The molecule has 0 nitrogen and oxygen atoms in total. The molecule has 0 aliphatic heterocycles. The molecule has 0 atom stereocenters. The van der Waals surface area contributed by atoms with Crippen LogP contribution < -0.4 is 0 Å². The fourth-order valence-corrected chi connectivity index (χ4v) is 0.680. The molecule has 0 saturated heterocycles. The second-order valence-electron chi connectivity index (χ2n) is 2.04. The summed E-state index contributed by atoms with van der Waals surface area (Å²) in [7, 11) is 0. The zero-order chi connectivity index (χ0) is 7.56. The molecule has 10 heavy (non-hydrogen) atoms. The van der Waals surface area contributed by atoms with Crippen molar-refractivity contribution in [3.05, 3.63) is 41.8 Å². The van der Waals surface area contributed by atoms with Gasteiger partial charge in [0.1, 0.15) is 5.82 Å². The van der Waals surface area contributed by atoms with E-state index in [2.05, 4.69) is 0 Å². The average Bonchev–Trinajstić information content (AvgIpc) is 1.88. The lowest BCUT2D eigenvalue weighted by Gasteiger charge is -1.97. The Morgan fingerprint density at radius 2 is 1.70 bits per heavy atom. The zero-order valence-electron chi connectivity index (χ0n) is 5.57. The number of hydrogen-bond donors (Lipinski definition) is 0. The van der Waals surface area contributed by atoms with Crippen LogP contribution in [0.3, 0.4) is 0 Å². The van der Waals surface area contributed by atoms with Crippen molar-refractivity contribution in [1.82, 2.24) is 0 Å². The first-order chi connectivity index (χ1) is 4.70. The van der Waals surface area contributed by atoms with Gasteiger partial charge in [-0.3, -0.25) is 0 Å². The van der Waals surface area contributed by atoms with E-state index < -0.39 is 0 Å². The summed E-state index contributed by atoms with van der Waals surface area (Å²) in [6.45, 7) is 1.34. The van der Waals surface area contributed by atoms with Gasteiger partial charge in [-0.2, -0.15) is 0 Å². The molecule has 53 valence electrons. The van der Waals surface area contributed by atoms with Crippen molar-refractivity contribution in [1.29, 1.82) is 0 Å². The van der Waals surface area contributed by atoms with Gasteiger partial charge in [0.15, 0.2) is 6.17 Å². The molecular weight excluding hydrogens is 134 g/mol. The Hall–Kier alpha value is -0.920. The van der Waals surface area contributed by atoms with Crippen LogP contribution in [0.1, 0.15) is 12.5 Å². The van der Waals surface area contributed by atoms with E-state index in [0.717, 1.165) is 0 Å². The fourth-order valence-electron chi connectivity index (χ4n) is 0.680. The molecular formula is C8H7F2. The van der Waals surface area contributed by atoms with Gasteiger partial charge in [-0.15, -0.1) is 0 Å². The van der Waals surface area contributed by atoms with Gasteiger partial charge in [0.05, 0.1) is 0 Å². The predicted molar refractivity (Wildman–Crippen MR) is 35.5 cm³/mol. The summed E-state index contributed by atoms with van der Waals surface area (Å²) in [4.78, 5) is 0. The lowest BCUT2D eigenvalue weighted by Crippen LogP contribution is -1.85. The van der Waals surface area contributed by atoms with Gasteiger partial charge in [0, 0.05) is 0 Å². The molecule has 1 rings (SSSR count). The highest BCUT2D eigenvalue weighted by molar-refractivity contribution is 5.25. The van der Waals surface area contributed by atoms with Crippen LogP contribution in [-0.2, 0) is 0 Å². The van der Waals surface area contributed by atoms with Crippen LogP contribution in [0, 0.1) is 12.0 Å². The summed E-state index contributed by atoms with van der Waals surface area (Å²) in [5.41, 5.74) is 0.432. The topological polar surface area (TPSA) is 0 Å². The summed E-state index contributed by atoms with van der Waals surface area (Å²) < 4.78 is 24.6. The number of hydrogen-bond acceptors (Lipinski definition) is 0. The van der Waals surface area contributed by atoms with Crippen LogP contribution in [-0.4, -0.2) is 0 Å². The van der Waals surface area contributed by atoms with Crippen LogP contribution in [0.25, 0.3) is 0 Å². The molecule has 0 unspecified atom stereocenters.